The van der Waals surface area contributed by atoms with Crippen molar-refractivity contribution in [2.24, 2.45) is 0 Å². The highest BCUT2D eigenvalue weighted by Gasteiger charge is 2.19. The van der Waals surface area contributed by atoms with Gasteiger partial charge in [0.05, 0.1) is 19.3 Å². The number of nitrogens with one attached hydrogen (secondary N) is 1. The van der Waals surface area contributed by atoms with Crippen molar-refractivity contribution in [1.82, 2.24) is 14.9 Å². The lowest BCUT2D eigenvalue weighted by Crippen LogP contribution is -2.24. The molecule has 7 nitrogen and oxygen atoms in total. The van der Waals surface area contributed by atoms with Crippen LogP contribution in [0.3, 0.4) is 0 Å². The van der Waals surface area contributed by atoms with Gasteiger partial charge in [-0.25, -0.2) is 13.1 Å². The smallest absolute Gasteiger partial charge is 0.244 e. The lowest BCUT2D eigenvalue weighted by molar-refractivity contribution is 0.402. The number of methoxy groups -OCH3 is 1. The second-order valence-electron chi connectivity index (χ2n) is 3.95. The summed E-state index contributed by atoms with van der Waals surface area (Å²) < 4.78 is 31.9. The van der Waals surface area contributed by atoms with Gasteiger partial charge in [0.2, 0.25) is 10.0 Å². The van der Waals surface area contributed by atoms with Gasteiger partial charge >= 0.3 is 0 Å². The van der Waals surface area contributed by atoms with Crippen LogP contribution in [0.4, 0.5) is 5.69 Å². The summed E-state index contributed by atoms with van der Waals surface area (Å²) in [5.74, 6) is 0.191. The molecule has 0 saturated heterocycles. The maximum atomic E-state index is 12.2. The number of sulfonamides is 1. The maximum Gasteiger partial charge on any atom is 0.244 e. The van der Waals surface area contributed by atoms with E-state index in [-0.39, 0.29) is 17.2 Å². The molecule has 0 saturated carbocycles. The SMILES string of the molecule is COc1cc(N)ccc1S(=O)(=O)NCc1cccnn1. The highest BCUT2D eigenvalue weighted by Crippen LogP contribution is 2.25. The molecule has 2 aromatic rings. The first-order valence-electron chi connectivity index (χ1n) is 5.72. The Bertz CT molecular complexity index is 689. The number of hydrogen-bond acceptors (Lipinski definition) is 6. The minimum Gasteiger partial charge on any atom is -0.495 e. The molecule has 0 radical (unpaired) electrons. The molecule has 20 heavy (non-hydrogen) atoms. The molecule has 8 heteroatoms. The zero-order valence-corrected chi connectivity index (χ0v) is 11.6. The summed E-state index contributed by atoms with van der Waals surface area (Å²) in [5, 5.41) is 7.48. The molecule has 1 aromatic carbocycles. The number of nitrogens with zero attached hydrogens (tertiary/aromatic N) is 2. The molecule has 1 heterocycles. The van der Waals surface area contributed by atoms with Gasteiger partial charge in [0.15, 0.2) is 0 Å². The fraction of sp³-hybridized carbons (Fsp3) is 0.167. The van der Waals surface area contributed by atoms with Crippen LogP contribution in [0, 0.1) is 0 Å². The van der Waals surface area contributed by atoms with Crippen molar-refractivity contribution < 1.29 is 13.2 Å². The zero-order valence-electron chi connectivity index (χ0n) is 10.8. The Morgan fingerprint density at radius 3 is 2.80 bits per heavy atom. The van der Waals surface area contributed by atoms with Gasteiger partial charge in [-0.05, 0) is 24.3 Å². The average Bonchev–Trinajstić information content (AvgIpc) is 2.46. The number of anilines is 1. The van der Waals surface area contributed by atoms with Crippen molar-refractivity contribution in [2.75, 3.05) is 12.8 Å². The highest BCUT2D eigenvalue weighted by molar-refractivity contribution is 7.89. The summed E-state index contributed by atoms with van der Waals surface area (Å²) in [5.41, 5.74) is 6.54. The molecule has 0 bridgehead atoms. The van der Waals surface area contributed by atoms with Crippen molar-refractivity contribution in [1.29, 1.82) is 0 Å². The number of benzene rings is 1. The number of hydrogen-bond donors (Lipinski definition) is 2. The minimum atomic E-state index is -3.72. The zero-order chi connectivity index (χ0) is 14.6. The fourth-order valence-corrected chi connectivity index (χ4v) is 2.73. The number of nitrogen functional groups attached to an aromatic ring is 1. The van der Waals surface area contributed by atoms with E-state index in [1.54, 1.807) is 12.1 Å². The lowest BCUT2D eigenvalue weighted by atomic mass is 10.3. The van der Waals surface area contributed by atoms with Crippen LogP contribution in [-0.2, 0) is 16.6 Å². The van der Waals surface area contributed by atoms with Crippen LogP contribution in [0.15, 0.2) is 41.4 Å². The molecule has 0 atom stereocenters. The molecule has 0 spiro atoms. The third-order valence-corrected chi connectivity index (χ3v) is 3.99. The van der Waals surface area contributed by atoms with Gasteiger partial charge in [-0.3, -0.25) is 0 Å². The van der Waals surface area contributed by atoms with E-state index in [2.05, 4.69) is 14.9 Å². The standard InChI is InChI=1S/C12H14N4O3S/c1-19-11-7-9(13)4-5-12(11)20(17,18)15-8-10-3-2-6-14-16-10/h2-7,15H,8,13H2,1H3. The average molecular weight is 294 g/mol. The molecule has 0 aliphatic carbocycles. The molecule has 2 rings (SSSR count). The molecule has 1 aromatic heterocycles. The van der Waals surface area contributed by atoms with Gasteiger partial charge in [-0.15, -0.1) is 0 Å². The normalized spacial score (nSPS) is 11.2. The Kier molecular flexibility index (Phi) is 4.16. The number of nitrogens with two attached hydrogens (primary N) is 1. The molecule has 106 valence electrons. The monoisotopic (exact) mass is 294 g/mol. The predicted octanol–water partition coefficient (Wildman–Crippen LogP) is 0.546. The molecule has 0 amide bonds. The number of ether oxygens (including phenoxy) is 1. The predicted molar refractivity (Wildman–Crippen MR) is 73.5 cm³/mol. The van der Waals surface area contributed by atoms with E-state index in [9.17, 15) is 8.42 Å². The summed E-state index contributed by atoms with van der Waals surface area (Å²) in [6, 6.07) is 7.71. The first kappa shape index (κ1) is 14.2. The van der Waals surface area contributed by atoms with Gasteiger partial charge in [0, 0.05) is 18.0 Å². The van der Waals surface area contributed by atoms with Crippen LogP contribution in [0.5, 0.6) is 5.75 Å². The third-order valence-electron chi connectivity index (χ3n) is 2.55. The first-order valence-corrected chi connectivity index (χ1v) is 7.21. The number of rotatable bonds is 5. The van der Waals surface area contributed by atoms with E-state index >= 15 is 0 Å². The fourth-order valence-electron chi connectivity index (χ4n) is 1.58. The molecule has 3 N–H and O–H groups in total. The summed E-state index contributed by atoms with van der Waals surface area (Å²) in [4.78, 5) is 0.0260. The Labute approximate surface area is 116 Å². The Morgan fingerprint density at radius 1 is 1.35 bits per heavy atom. The van der Waals surface area contributed by atoms with Crippen molar-refractivity contribution in [3.63, 3.8) is 0 Å². The van der Waals surface area contributed by atoms with Crippen LogP contribution >= 0.6 is 0 Å². The van der Waals surface area contributed by atoms with Crippen LogP contribution in [0.2, 0.25) is 0 Å². The van der Waals surface area contributed by atoms with Crippen LogP contribution in [0.25, 0.3) is 0 Å². The van der Waals surface area contributed by atoms with Gasteiger partial charge in [0.25, 0.3) is 0 Å². The third kappa shape index (κ3) is 3.22. The second-order valence-corrected chi connectivity index (χ2v) is 5.69. The van der Waals surface area contributed by atoms with E-state index < -0.39 is 10.0 Å². The van der Waals surface area contributed by atoms with Gasteiger partial charge in [0.1, 0.15) is 10.6 Å². The van der Waals surface area contributed by atoms with Crippen molar-refractivity contribution in [2.45, 2.75) is 11.4 Å². The first-order chi connectivity index (χ1) is 9.53. The summed E-state index contributed by atoms with van der Waals surface area (Å²) in [6.45, 7) is 0.0453. The van der Waals surface area contributed by atoms with E-state index in [0.29, 0.717) is 11.4 Å². The van der Waals surface area contributed by atoms with Crippen molar-refractivity contribution >= 4 is 15.7 Å². The molecule has 0 aliphatic heterocycles. The molecular weight excluding hydrogens is 280 g/mol. The molecule has 0 fully saturated rings. The maximum absolute atomic E-state index is 12.2. The van der Waals surface area contributed by atoms with Crippen molar-refractivity contribution in [3.05, 3.63) is 42.2 Å². The molecule has 0 unspecified atom stereocenters. The van der Waals surface area contributed by atoms with Crippen LogP contribution in [-0.4, -0.2) is 25.7 Å². The number of aromatic nitrogens is 2. The Morgan fingerprint density at radius 2 is 2.15 bits per heavy atom. The van der Waals surface area contributed by atoms with E-state index in [0.717, 1.165) is 0 Å². The van der Waals surface area contributed by atoms with Gasteiger partial charge in [-0.1, -0.05) is 0 Å². The summed E-state index contributed by atoms with van der Waals surface area (Å²) in [6.07, 6.45) is 1.51. The lowest BCUT2D eigenvalue weighted by Gasteiger charge is -2.10. The minimum absolute atomic E-state index is 0.0260. The van der Waals surface area contributed by atoms with Gasteiger partial charge in [-0.2, -0.15) is 10.2 Å². The summed E-state index contributed by atoms with van der Waals surface area (Å²) in [7, 11) is -2.33. The second kappa shape index (κ2) is 5.85. The highest BCUT2D eigenvalue weighted by atomic mass is 32.2. The summed E-state index contributed by atoms with van der Waals surface area (Å²) >= 11 is 0. The topological polar surface area (TPSA) is 107 Å². The van der Waals surface area contributed by atoms with E-state index in [1.165, 1.54) is 31.5 Å². The van der Waals surface area contributed by atoms with Crippen LogP contribution in [0.1, 0.15) is 5.69 Å². The molecule has 0 aliphatic rings. The Balaban J connectivity index is 2.22. The molecular formula is C12H14N4O3S. The quantitative estimate of drug-likeness (QED) is 0.780. The Hall–Kier alpha value is -2.19. The largest absolute Gasteiger partial charge is 0.495 e. The van der Waals surface area contributed by atoms with Gasteiger partial charge < -0.3 is 10.5 Å². The van der Waals surface area contributed by atoms with Crippen molar-refractivity contribution in [3.8, 4) is 5.75 Å². The van der Waals surface area contributed by atoms with E-state index in [1.807, 2.05) is 0 Å². The van der Waals surface area contributed by atoms with E-state index in [4.69, 9.17) is 10.5 Å². The van der Waals surface area contributed by atoms with Crippen LogP contribution < -0.4 is 15.2 Å².